The van der Waals surface area contributed by atoms with E-state index in [1.165, 1.54) is 19.0 Å². The van der Waals surface area contributed by atoms with Crippen LogP contribution in [0.4, 0.5) is 13.2 Å². The van der Waals surface area contributed by atoms with E-state index in [2.05, 4.69) is 0 Å². The standard InChI is InChI=1S/C31H32F3N3O7/c1-36(2)24-18-10-15-9-17-21(25(39)20(15)27(41)30(18,44)28(42)22(26(24)40)29(35)43)19(38)11-16(23(17)31(32,33)34)13-37(3)12-14-7-5-4-6-8-14/h4-8,11,15,18,20,22,24,38,44H,9-10,12-13H2,1-3H3,(H2,35,43)/t15-,18-,20?,22?,24-,30-/m0/s1. The van der Waals surface area contributed by atoms with Crippen molar-refractivity contribution in [1.82, 2.24) is 9.80 Å². The van der Waals surface area contributed by atoms with Crippen molar-refractivity contribution in [3.05, 3.63) is 64.2 Å². The SMILES string of the molecule is CN(Cc1ccccc1)Cc1cc(O)c2c(c1C(F)(F)F)C[C@H]1C[C@H]3[C@H](N(C)C)C(=O)C(C(N)=O)C(=O)[C@@]3(O)C(=O)C1C2=O. The van der Waals surface area contributed by atoms with Crippen molar-refractivity contribution in [2.45, 2.75) is 43.8 Å². The van der Waals surface area contributed by atoms with E-state index in [1.807, 2.05) is 18.2 Å². The number of phenols is 1. The number of nitrogens with two attached hydrogens (primary N) is 1. The summed E-state index contributed by atoms with van der Waals surface area (Å²) in [6.07, 6.45) is -5.77. The molecule has 2 fully saturated rings. The molecule has 2 aromatic carbocycles. The maximum absolute atomic E-state index is 14.7. The van der Waals surface area contributed by atoms with Crippen LogP contribution in [0.5, 0.6) is 5.75 Å². The summed E-state index contributed by atoms with van der Waals surface area (Å²) in [6, 6.07) is 8.55. The van der Waals surface area contributed by atoms with E-state index in [1.54, 1.807) is 24.1 Å². The quantitative estimate of drug-likeness (QED) is 0.410. The lowest BCUT2D eigenvalue weighted by molar-refractivity contribution is -0.181. The first-order chi connectivity index (χ1) is 20.5. The van der Waals surface area contributed by atoms with Crippen LogP contribution in [0.25, 0.3) is 0 Å². The van der Waals surface area contributed by atoms with Crippen LogP contribution in [0, 0.1) is 23.7 Å². The van der Waals surface area contributed by atoms with E-state index in [4.69, 9.17) is 5.73 Å². The van der Waals surface area contributed by atoms with Gasteiger partial charge in [0.05, 0.1) is 23.1 Å². The second-order valence-corrected chi connectivity index (χ2v) is 12.2. The third-order valence-electron chi connectivity index (χ3n) is 9.16. The van der Waals surface area contributed by atoms with E-state index >= 15 is 0 Å². The number of primary amides is 1. The maximum Gasteiger partial charge on any atom is 0.417 e. The molecule has 0 radical (unpaired) electrons. The number of carbonyl (C=O) groups is 5. The van der Waals surface area contributed by atoms with Crippen LogP contribution in [0.2, 0.25) is 0 Å². The van der Waals surface area contributed by atoms with Crippen LogP contribution in [0.3, 0.4) is 0 Å². The number of aliphatic hydroxyl groups is 1. The summed E-state index contributed by atoms with van der Waals surface area (Å²) in [5.74, 6) is -13.5. The molecule has 234 valence electrons. The number of rotatable bonds is 6. The lowest BCUT2D eigenvalue weighted by Crippen LogP contribution is -2.74. The molecule has 0 aromatic heterocycles. The van der Waals surface area contributed by atoms with Gasteiger partial charge in [-0.25, -0.2) is 0 Å². The third-order valence-corrected chi connectivity index (χ3v) is 9.16. The molecule has 1 amide bonds. The Kier molecular flexibility index (Phi) is 7.80. The fraction of sp³-hybridized carbons (Fsp3) is 0.452. The number of halogens is 3. The van der Waals surface area contributed by atoms with Crippen molar-refractivity contribution in [2.75, 3.05) is 21.1 Å². The molecule has 2 aromatic rings. The van der Waals surface area contributed by atoms with E-state index < -0.39 is 99.4 Å². The van der Waals surface area contributed by atoms with Gasteiger partial charge in [0.25, 0.3) is 0 Å². The van der Waals surface area contributed by atoms with Gasteiger partial charge in [-0.15, -0.1) is 0 Å². The molecule has 5 rings (SSSR count). The first-order valence-electron chi connectivity index (χ1n) is 14.0. The summed E-state index contributed by atoms with van der Waals surface area (Å²) >= 11 is 0. The van der Waals surface area contributed by atoms with Crippen molar-refractivity contribution in [1.29, 1.82) is 0 Å². The van der Waals surface area contributed by atoms with Gasteiger partial charge in [-0.2, -0.15) is 13.2 Å². The number of benzene rings is 2. The number of hydrogen-bond donors (Lipinski definition) is 3. The van der Waals surface area contributed by atoms with Crippen LogP contribution in [0.1, 0.15) is 39.0 Å². The van der Waals surface area contributed by atoms with Gasteiger partial charge < -0.3 is 15.9 Å². The number of likely N-dealkylation sites (N-methyl/N-ethyl adjacent to an activating group) is 1. The molecule has 10 nitrogen and oxygen atoms in total. The zero-order chi connectivity index (χ0) is 32.5. The molecule has 13 heteroatoms. The Labute approximate surface area is 250 Å². The molecule has 3 aliphatic carbocycles. The number of carbonyl (C=O) groups excluding carboxylic acids is 5. The number of phenolic OH excluding ortho intramolecular Hbond substituents is 1. The van der Waals surface area contributed by atoms with Gasteiger partial charge in [0.15, 0.2) is 34.7 Å². The number of amides is 1. The monoisotopic (exact) mass is 615 g/mol. The topological polar surface area (TPSA) is 158 Å². The van der Waals surface area contributed by atoms with Gasteiger partial charge in [-0.1, -0.05) is 30.3 Å². The van der Waals surface area contributed by atoms with Crippen LogP contribution in [-0.4, -0.2) is 81.8 Å². The molecular formula is C31H32F3N3O7. The van der Waals surface area contributed by atoms with Gasteiger partial charge >= 0.3 is 6.18 Å². The van der Waals surface area contributed by atoms with Gasteiger partial charge in [0.2, 0.25) is 5.91 Å². The Morgan fingerprint density at radius 2 is 1.68 bits per heavy atom. The van der Waals surface area contributed by atoms with Crippen molar-refractivity contribution < 1.29 is 47.4 Å². The summed E-state index contributed by atoms with van der Waals surface area (Å²) < 4.78 is 44.2. The van der Waals surface area contributed by atoms with Gasteiger partial charge in [-0.05, 0) is 62.7 Å². The normalized spacial score (nSPS) is 28.6. The number of aromatic hydroxyl groups is 1. The molecule has 0 heterocycles. The molecule has 2 saturated carbocycles. The Bertz CT molecular complexity index is 1580. The molecule has 0 aliphatic heterocycles. The molecule has 0 saturated heterocycles. The summed E-state index contributed by atoms with van der Waals surface area (Å²) in [5, 5.41) is 22.6. The summed E-state index contributed by atoms with van der Waals surface area (Å²) in [7, 11) is 4.46. The molecule has 44 heavy (non-hydrogen) atoms. The van der Waals surface area contributed by atoms with Crippen LogP contribution >= 0.6 is 0 Å². The fourth-order valence-electron chi connectivity index (χ4n) is 7.46. The highest BCUT2D eigenvalue weighted by Crippen LogP contribution is 2.52. The first kappa shape index (κ1) is 31.5. The van der Waals surface area contributed by atoms with E-state index in [0.717, 1.165) is 11.6 Å². The Morgan fingerprint density at radius 3 is 2.25 bits per heavy atom. The number of fused-ring (bicyclic) bond motifs is 3. The van der Waals surface area contributed by atoms with Crippen molar-refractivity contribution in [3.8, 4) is 5.75 Å². The largest absolute Gasteiger partial charge is 0.507 e. The second-order valence-electron chi connectivity index (χ2n) is 12.2. The zero-order valence-electron chi connectivity index (χ0n) is 24.2. The molecule has 0 spiro atoms. The minimum Gasteiger partial charge on any atom is -0.507 e. The predicted molar refractivity (Wildman–Crippen MR) is 148 cm³/mol. The minimum absolute atomic E-state index is 0.228. The lowest BCUT2D eigenvalue weighted by atomic mass is 9.52. The highest BCUT2D eigenvalue weighted by atomic mass is 19.4. The average Bonchev–Trinajstić information content (AvgIpc) is 2.90. The maximum atomic E-state index is 14.7. The molecule has 2 unspecified atom stereocenters. The number of nitrogens with zero attached hydrogens (tertiary/aromatic N) is 2. The van der Waals surface area contributed by atoms with E-state index in [0.29, 0.717) is 6.54 Å². The molecule has 4 N–H and O–H groups in total. The second kappa shape index (κ2) is 10.9. The average molecular weight is 616 g/mol. The first-order valence-corrected chi connectivity index (χ1v) is 14.0. The summed E-state index contributed by atoms with van der Waals surface area (Å²) in [4.78, 5) is 69.3. The summed E-state index contributed by atoms with van der Waals surface area (Å²) in [5.41, 5.74) is 0.648. The number of Topliss-reactive ketones (excluding diaryl/α,β-unsaturated/α-hetero) is 4. The lowest BCUT2D eigenvalue weighted by Gasteiger charge is -2.52. The van der Waals surface area contributed by atoms with Crippen LogP contribution < -0.4 is 5.73 Å². The Hall–Kier alpha value is -3.94. The fourth-order valence-corrected chi connectivity index (χ4v) is 7.46. The van der Waals surface area contributed by atoms with Gasteiger partial charge in [0, 0.05) is 19.0 Å². The van der Waals surface area contributed by atoms with Gasteiger partial charge in [0.1, 0.15) is 5.75 Å². The number of alkyl halides is 3. The number of ketones is 4. The zero-order valence-corrected chi connectivity index (χ0v) is 24.2. The minimum atomic E-state index is -4.94. The number of hydrogen-bond acceptors (Lipinski definition) is 9. The van der Waals surface area contributed by atoms with Crippen LogP contribution in [-0.2, 0) is 44.9 Å². The highest BCUT2D eigenvalue weighted by molar-refractivity contribution is 6.32. The van der Waals surface area contributed by atoms with Crippen molar-refractivity contribution in [2.24, 2.45) is 29.4 Å². The molecule has 6 atom stereocenters. The van der Waals surface area contributed by atoms with Crippen molar-refractivity contribution >= 4 is 29.0 Å². The summed E-state index contributed by atoms with van der Waals surface area (Å²) in [6.45, 7) is 0.0725. The van der Waals surface area contributed by atoms with E-state index in [-0.39, 0.29) is 18.5 Å². The predicted octanol–water partition coefficient (Wildman–Crippen LogP) is 1.52. The van der Waals surface area contributed by atoms with Crippen molar-refractivity contribution in [3.63, 3.8) is 0 Å². The molecular weight excluding hydrogens is 583 g/mol. The van der Waals surface area contributed by atoms with E-state index in [9.17, 15) is 47.4 Å². The smallest absolute Gasteiger partial charge is 0.417 e. The third kappa shape index (κ3) is 4.83. The highest BCUT2D eigenvalue weighted by Gasteiger charge is 2.69. The van der Waals surface area contributed by atoms with Gasteiger partial charge in [-0.3, -0.25) is 33.8 Å². The molecule has 0 bridgehead atoms. The Balaban J connectivity index is 1.60. The Morgan fingerprint density at radius 1 is 1.05 bits per heavy atom. The van der Waals surface area contributed by atoms with Crippen LogP contribution in [0.15, 0.2) is 36.4 Å². The molecule has 3 aliphatic rings.